The minimum absolute atomic E-state index is 0.0129. The van der Waals surface area contributed by atoms with E-state index in [-0.39, 0.29) is 29.5 Å². The van der Waals surface area contributed by atoms with Gasteiger partial charge in [-0.25, -0.2) is 4.39 Å². The second kappa shape index (κ2) is 10.8. The van der Waals surface area contributed by atoms with E-state index in [4.69, 9.17) is 34.8 Å². The maximum atomic E-state index is 14.2. The fraction of sp³-hybridized carbons (Fsp3) is 0.333. The Morgan fingerprint density at radius 1 is 1.00 bits per heavy atom. The molecule has 0 fully saturated rings. The van der Waals surface area contributed by atoms with Crippen LogP contribution >= 0.6 is 34.8 Å². The first-order valence-electron chi connectivity index (χ1n) is 9.23. The van der Waals surface area contributed by atoms with Crippen LogP contribution in [0.15, 0.2) is 36.4 Å². The predicted molar refractivity (Wildman–Crippen MR) is 115 cm³/mol. The molecule has 0 radical (unpaired) electrons. The highest BCUT2D eigenvalue weighted by Gasteiger charge is 2.30. The van der Waals surface area contributed by atoms with Gasteiger partial charge in [0.2, 0.25) is 11.8 Å². The third-order valence-electron chi connectivity index (χ3n) is 4.52. The Morgan fingerprint density at radius 3 is 2.07 bits per heavy atom. The Labute approximate surface area is 184 Å². The summed E-state index contributed by atoms with van der Waals surface area (Å²) < 4.78 is 14.2. The number of amides is 2. The van der Waals surface area contributed by atoms with Crippen LogP contribution in [0.2, 0.25) is 15.1 Å². The van der Waals surface area contributed by atoms with Gasteiger partial charge in [-0.1, -0.05) is 53.9 Å². The molecule has 2 aromatic carbocycles. The Kier molecular flexibility index (Phi) is 8.75. The Balaban J connectivity index is 2.42. The van der Waals surface area contributed by atoms with Gasteiger partial charge in [-0.3, -0.25) is 9.59 Å². The molecular weight excluding hydrogens is 438 g/mol. The van der Waals surface area contributed by atoms with Gasteiger partial charge in [0.25, 0.3) is 0 Å². The van der Waals surface area contributed by atoms with Gasteiger partial charge in [0, 0.05) is 39.3 Å². The zero-order chi connectivity index (χ0) is 21.6. The van der Waals surface area contributed by atoms with Crippen molar-refractivity contribution in [3.8, 4) is 0 Å². The van der Waals surface area contributed by atoms with Crippen LogP contribution in [0, 0.1) is 5.82 Å². The Morgan fingerprint density at radius 2 is 1.55 bits per heavy atom. The summed E-state index contributed by atoms with van der Waals surface area (Å²) in [7, 11) is 0. The van der Waals surface area contributed by atoms with Crippen molar-refractivity contribution in [3.05, 3.63) is 68.4 Å². The number of hydrogen-bond acceptors (Lipinski definition) is 2. The molecule has 0 aliphatic carbocycles. The molecule has 0 heterocycles. The standard InChI is InChI=1S/C21H22Cl3FN2O2/c1-3-19(21(29)26-4-2)27(12-14-16(23)7-5-8-17(14)24)20(28)11-13-15(22)9-6-10-18(13)25/h5-10,19H,3-4,11-12H2,1-2H3,(H,26,29). The first kappa shape index (κ1) is 23.5. The number of hydrogen-bond donors (Lipinski definition) is 1. The van der Waals surface area contributed by atoms with Crippen LogP contribution in [0.5, 0.6) is 0 Å². The second-order valence-corrected chi connectivity index (χ2v) is 7.64. The molecule has 1 unspecified atom stereocenters. The second-order valence-electron chi connectivity index (χ2n) is 6.42. The van der Waals surface area contributed by atoms with E-state index in [0.29, 0.717) is 28.6 Å². The fourth-order valence-corrected chi connectivity index (χ4v) is 3.77. The highest BCUT2D eigenvalue weighted by molar-refractivity contribution is 6.36. The Bertz CT molecular complexity index is 852. The minimum Gasteiger partial charge on any atom is -0.355 e. The number of nitrogens with zero attached hydrogens (tertiary/aromatic N) is 1. The van der Waals surface area contributed by atoms with E-state index in [0.717, 1.165) is 0 Å². The van der Waals surface area contributed by atoms with Crippen molar-refractivity contribution in [2.75, 3.05) is 6.54 Å². The molecule has 0 aliphatic heterocycles. The predicted octanol–water partition coefficient (Wildman–Crippen LogP) is 5.27. The minimum atomic E-state index is -0.764. The average molecular weight is 460 g/mol. The summed E-state index contributed by atoms with van der Waals surface area (Å²) in [5.74, 6) is -1.33. The summed E-state index contributed by atoms with van der Waals surface area (Å²) >= 11 is 18.6. The molecule has 0 spiro atoms. The van der Waals surface area contributed by atoms with Gasteiger partial charge in [-0.05, 0) is 37.6 Å². The molecule has 0 bridgehead atoms. The molecular formula is C21H22Cl3FN2O2. The molecule has 1 atom stereocenters. The summed E-state index contributed by atoms with van der Waals surface area (Å²) in [6.07, 6.45) is 0.0775. The van der Waals surface area contributed by atoms with Crippen LogP contribution in [0.4, 0.5) is 4.39 Å². The van der Waals surface area contributed by atoms with Crippen LogP contribution in [-0.2, 0) is 22.6 Å². The lowest BCUT2D eigenvalue weighted by Gasteiger charge is -2.31. The van der Waals surface area contributed by atoms with Gasteiger partial charge in [-0.15, -0.1) is 0 Å². The third kappa shape index (κ3) is 5.84. The summed E-state index contributed by atoms with van der Waals surface area (Å²) in [6.45, 7) is 4.02. The lowest BCUT2D eigenvalue weighted by Crippen LogP contribution is -2.49. The topological polar surface area (TPSA) is 49.4 Å². The molecule has 2 amide bonds. The van der Waals surface area contributed by atoms with Crippen molar-refractivity contribution < 1.29 is 14.0 Å². The number of halogens is 4. The van der Waals surface area contributed by atoms with E-state index in [9.17, 15) is 14.0 Å². The van der Waals surface area contributed by atoms with Crippen molar-refractivity contribution in [3.63, 3.8) is 0 Å². The molecule has 0 saturated carbocycles. The van der Waals surface area contributed by atoms with Crippen molar-refractivity contribution in [1.82, 2.24) is 10.2 Å². The van der Waals surface area contributed by atoms with E-state index in [1.165, 1.54) is 23.1 Å². The normalized spacial score (nSPS) is 11.8. The molecule has 8 heteroatoms. The maximum absolute atomic E-state index is 14.2. The quantitative estimate of drug-likeness (QED) is 0.584. The van der Waals surface area contributed by atoms with E-state index < -0.39 is 17.8 Å². The van der Waals surface area contributed by atoms with E-state index >= 15 is 0 Å². The first-order valence-corrected chi connectivity index (χ1v) is 10.4. The van der Waals surface area contributed by atoms with Gasteiger partial charge < -0.3 is 10.2 Å². The van der Waals surface area contributed by atoms with Gasteiger partial charge in [0.1, 0.15) is 11.9 Å². The van der Waals surface area contributed by atoms with Crippen LogP contribution in [0.3, 0.4) is 0 Å². The van der Waals surface area contributed by atoms with Crippen molar-refractivity contribution >= 4 is 46.6 Å². The zero-order valence-electron chi connectivity index (χ0n) is 16.1. The Hall–Kier alpha value is -1.82. The molecule has 1 N–H and O–H groups in total. The number of likely N-dealkylation sites (N-methyl/N-ethyl adjacent to an activating group) is 1. The van der Waals surface area contributed by atoms with Crippen LogP contribution < -0.4 is 5.32 Å². The van der Waals surface area contributed by atoms with Crippen molar-refractivity contribution in [1.29, 1.82) is 0 Å². The lowest BCUT2D eigenvalue weighted by atomic mass is 10.1. The molecule has 4 nitrogen and oxygen atoms in total. The number of nitrogens with one attached hydrogen (secondary N) is 1. The van der Waals surface area contributed by atoms with Gasteiger partial charge in [0.15, 0.2) is 0 Å². The molecule has 0 aliphatic rings. The highest BCUT2D eigenvalue weighted by atomic mass is 35.5. The molecule has 29 heavy (non-hydrogen) atoms. The largest absolute Gasteiger partial charge is 0.355 e. The van der Waals surface area contributed by atoms with Crippen LogP contribution in [-0.4, -0.2) is 29.3 Å². The zero-order valence-corrected chi connectivity index (χ0v) is 18.4. The molecule has 2 rings (SSSR count). The van der Waals surface area contributed by atoms with E-state index in [2.05, 4.69) is 5.32 Å². The molecule has 2 aromatic rings. The summed E-state index contributed by atoms with van der Waals surface area (Å²) in [4.78, 5) is 27.2. The molecule has 0 aromatic heterocycles. The summed E-state index contributed by atoms with van der Waals surface area (Å²) in [5, 5.41) is 3.65. The van der Waals surface area contributed by atoms with Crippen molar-refractivity contribution in [2.24, 2.45) is 0 Å². The monoisotopic (exact) mass is 458 g/mol. The third-order valence-corrected chi connectivity index (χ3v) is 5.58. The lowest BCUT2D eigenvalue weighted by molar-refractivity contribution is -0.140. The highest BCUT2D eigenvalue weighted by Crippen LogP contribution is 2.28. The summed E-state index contributed by atoms with van der Waals surface area (Å²) in [5.41, 5.74) is 0.603. The average Bonchev–Trinajstić information content (AvgIpc) is 2.67. The number of rotatable bonds is 8. The van der Waals surface area contributed by atoms with E-state index in [1.54, 1.807) is 32.0 Å². The van der Waals surface area contributed by atoms with Gasteiger partial charge in [-0.2, -0.15) is 0 Å². The van der Waals surface area contributed by atoms with Gasteiger partial charge in [0.05, 0.1) is 6.42 Å². The van der Waals surface area contributed by atoms with Crippen LogP contribution in [0.1, 0.15) is 31.4 Å². The number of carbonyl (C=O) groups is 2. The van der Waals surface area contributed by atoms with Crippen LogP contribution in [0.25, 0.3) is 0 Å². The van der Waals surface area contributed by atoms with Crippen molar-refractivity contribution in [2.45, 2.75) is 39.3 Å². The molecule has 156 valence electrons. The van der Waals surface area contributed by atoms with E-state index in [1.807, 2.05) is 0 Å². The SMILES string of the molecule is CCNC(=O)C(CC)N(Cc1c(Cl)cccc1Cl)C(=O)Cc1c(F)cccc1Cl. The number of benzene rings is 2. The smallest absolute Gasteiger partial charge is 0.242 e. The molecule has 0 saturated heterocycles. The summed E-state index contributed by atoms with van der Waals surface area (Å²) in [6, 6.07) is 8.48. The van der Waals surface area contributed by atoms with Gasteiger partial charge >= 0.3 is 0 Å². The number of carbonyl (C=O) groups excluding carboxylic acids is 2. The maximum Gasteiger partial charge on any atom is 0.242 e. The fourth-order valence-electron chi connectivity index (χ4n) is 3.02. The first-order chi connectivity index (χ1) is 13.8.